The summed E-state index contributed by atoms with van der Waals surface area (Å²) in [4.78, 5) is 28.4. The maximum absolute atomic E-state index is 13.7. The Morgan fingerprint density at radius 1 is 1.08 bits per heavy atom. The van der Waals surface area contributed by atoms with E-state index < -0.39 is 34.3 Å². The maximum atomic E-state index is 13.7. The van der Waals surface area contributed by atoms with E-state index in [4.69, 9.17) is 0 Å². The lowest BCUT2D eigenvalue weighted by atomic mass is 9.95. The van der Waals surface area contributed by atoms with E-state index in [0.717, 1.165) is 42.7 Å². The number of para-hydroxylation sites is 1. The molecule has 0 aliphatic heterocycles. The van der Waals surface area contributed by atoms with Gasteiger partial charge in [-0.1, -0.05) is 50.5 Å². The van der Waals surface area contributed by atoms with Gasteiger partial charge in [0.2, 0.25) is 21.8 Å². The van der Waals surface area contributed by atoms with Crippen LogP contribution in [0.25, 0.3) is 0 Å². The third kappa shape index (κ3) is 7.52. The molecule has 0 bridgehead atoms. The molecule has 36 heavy (non-hydrogen) atoms. The first-order valence-corrected chi connectivity index (χ1v) is 14.8. The summed E-state index contributed by atoms with van der Waals surface area (Å²) in [5.41, 5.74) is 0.968. The van der Waals surface area contributed by atoms with Gasteiger partial charge in [-0.05, 0) is 65.0 Å². The SMILES string of the molecule is CC[C@@H](C(=O)NC1CCCCC1)N(Cc1ccc(F)cc1)C(=O)CN(c1ccccc1Br)S(C)(=O)=O. The number of hydrogen-bond donors (Lipinski definition) is 1. The molecule has 0 radical (unpaired) electrons. The zero-order chi connectivity index (χ0) is 26.3. The van der Waals surface area contributed by atoms with Crippen molar-refractivity contribution in [3.05, 3.63) is 64.4 Å². The second-order valence-electron chi connectivity index (χ2n) is 9.14. The van der Waals surface area contributed by atoms with Crippen LogP contribution in [0.4, 0.5) is 10.1 Å². The summed E-state index contributed by atoms with van der Waals surface area (Å²) in [7, 11) is -3.82. The Labute approximate surface area is 221 Å². The molecule has 2 aromatic carbocycles. The number of nitrogens with one attached hydrogen (secondary N) is 1. The van der Waals surface area contributed by atoms with E-state index in [1.165, 1.54) is 17.0 Å². The molecule has 1 aliphatic carbocycles. The fourth-order valence-corrected chi connectivity index (χ4v) is 5.98. The number of benzene rings is 2. The number of carbonyl (C=O) groups excluding carboxylic acids is 2. The van der Waals surface area contributed by atoms with Gasteiger partial charge in [0.05, 0.1) is 11.9 Å². The monoisotopic (exact) mass is 581 g/mol. The Morgan fingerprint density at radius 3 is 2.31 bits per heavy atom. The number of sulfonamides is 1. The Kier molecular flexibility index (Phi) is 9.90. The van der Waals surface area contributed by atoms with Gasteiger partial charge in [-0.25, -0.2) is 12.8 Å². The van der Waals surface area contributed by atoms with Crippen LogP contribution in [0.15, 0.2) is 53.0 Å². The van der Waals surface area contributed by atoms with E-state index in [9.17, 15) is 22.4 Å². The molecule has 1 fully saturated rings. The van der Waals surface area contributed by atoms with Crippen molar-refractivity contribution in [2.75, 3.05) is 17.1 Å². The number of carbonyl (C=O) groups is 2. The van der Waals surface area contributed by atoms with Crippen molar-refractivity contribution in [2.24, 2.45) is 0 Å². The molecule has 2 amide bonds. The van der Waals surface area contributed by atoms with Gasteiger partial charge in [0.25, 0.3) is 0 Å². The highest BCUT2D eigenvalue weighted by molar-refractivity contribution is 9.10. The van der Waals surface area contributed by atoms with Gasteiger partial charge < -0.3 is 10.2 Å². The lowest BCUT2D eigenvalue weighted by Gasteiger charge is -2.34. The minimum atomic E-state index is -3.82. The van der Waals surface area contributed by atoms with Crippen LogP contribution in [0, 0.1) is 5.82 Å². The van der Waals surface area contributed by atoms with Crippen molar-refractivity contribution in [3.63, 3.8) is 0 Å². The van der Waals surface area contributed by atoms with Crippen molar-refractivity contribution in [1.29, 1.82) is 0 Å². The van der Waals surface area contributed by atoms with Crippen LogP contribution >= 0.6 is 15.9 Å². The average Bonchev–Trinajstić information content (AvgIpc) is 2.84. The second kappa shape index (κ2) is 12.7. The van der Waals surface area contributed by atoms with E-state index in [2.05, 4.69) is 21.2 Å². The normalized spacial score (nSPS) is 15.2. The summed E-state index contributed by atoms with van der Waals surface area (Å²) in [6, 6.07) is 11.7. The number of amides is 2. The van der Waals surface area contributed by atoms with E-state index in [1.807, 2.05) is 6.92 Å². The van der Waals surface area contributed by atoms with E-state index in [1.54, 1.807) is 36.4 Å². The predicted molar refractivity (Wildman–Crippen MR) is 142 cm³/mol. The summed E-state index contributed by atoms with van der Waals surface area (Å²) in [5, 5.41) is 3.09. The standard InChI is InChI=1S/C26H33BrFN3O4S/c1-3-23(26(33)29-21-9-5-4-6-10-21)30(17-19-13-15-20(28)16-14-19)25(32)18-31(36(2,34)35)24-12-8-7-11-22(24)27/h7-8,11-16,21,23H,3-6,9-10,17-18H2,1-2H3,(H,29,33)/t23-/m0/s1. The first-order valence-electron chi connectivity index (χ1n) is 12.2. The highest BCUT2D eigenvalue weighted by Gasteiger charge is 2.33. The molecule has 10 heteroatoms. The molecule has 196 valence electrons. The summed E-state index contributed by atoms with van der Waals surface area (Å²) >= 11 is 3.37. The van der Waals surface area contributed by atoms with Crippen LogP contribution in [0.2, 0.25) is 0 Å². The zero-order valence-corrected chi connectivity index (χ0v) is 23.0. The van der Waals surface area contributed by atoms with Crippen molar-refractivity contribution >= 4 is 43.5 Å². The van der Waals surface area contributed by atoms with Gasteiger partial charge in [0.1, 0.15) is 18.4 Å². The molecule has 0 spiro atoms. The van der Waals surface area contributed by atoms with Crippen molar-refractivity contribution in [2.45, 2.75) is 64.1 Å². The van der Waals surface area contributed by atoms with Crippen molar-refractivity contribution in [3.8, 4) is 0 Å². The average molecular weight is 583 g/mol. The van der Waals surface area contributed by atoms with Gasteiger partial charge in [-0.15, -0.1) is 0 Å². The molecule has 1 saturated carbocycles. The summed E-state index contributed by atoms with van der Waals surface area (Å²) < 4.78 is 40.4. The number of anilines is 1. The smallest absolute Gasteiger partial charge is 0.244 e. The molecule has 2 aromatic rings. The van der Waals surface area contributed by atoms with E-state index in [0.29, 0.717) is 22.1 Å². The topological polar surface area (TPSA) is 86.8 Å². The zero-order valence-electron chi connectivity index (χ0n) is 20.6. The molecule has 1 N–H and O–H groups in total. The van der Waals surface area contributed by atoms with Gasteiger partial charge in [0.15, 0.2) is 0 Å². The minimum absolute atomic E-state index is 0.0449. The van der Waals surface area contributed by atoms with Gasteiger partial charge in [-0.3, -0.25) is 13.9 Å². The quantitative estimate of drug-likeness (QED) is 0.444. The highest BCUT2D eigenvalue weighted by Crippen LogP contribution is 2.28. The lowest BCUT2D eigenvalue weighted by molar-refractivity contribution is -0.140. The fourth-order valence-electron chi connectivity index (χ4n) is 4.50. The summed E-state index contributed by atoms with van der Waals surface area (Å²) in [6.45, 7) is 1.39. The molecule has 0 saturated heterocycles. The van der Waals surface area contributed by atoms with Crippen LogP contribution in [0.1, 0.15) is 51.0 Å². The van der Waals surface area contributed by atoms with Crippen LogP contribution in [0.3, 0.4) is 0 Å². The number of rotatable bonds is 10. The van der Waals surface area contributed by atoms with Crippen LogP contribution in [-0.2, 0) is 26.2 Å². The third-order valence-electron chi connectivity index (χ3n) is 6.40. The largest absolute Gasteiger partial charge is 0.352 e. The predicted octanol–water partition coefficient (Wildman–Crippen LogP) is 4.61. The van der Waals surface area contributed by atoms with Crippen LogP contribution < -0.4 is 9.62 Å². The van der Waals surface area contributed by atoms with Crippen LogP contribution in [0.5, 0.6) is 0 Å². The number of hydrogen-bond acceptors (Lipinski definition) is 4. The fraction of sp³-hybridized carbons (Fsp3) is 0.462. The van der Waals surface area contributed by atoms with Crippen molar-refractivity contribution in [1.82, 2.24) is 10.2 Å². The summed E-state index contributed by atoms with van der Waals surface area (Å²) in [5.74, 6) is -1.19. The Hall–Kier alpha value is -2.46. The molecule has 0 heterocycles. The van der Waals surface area contributed by atoms with Gasteiger partial charge in [0, 0.05) is 17.1 Å². The Balaban J connectivity index is 1.91. The number of halogens is 2. The first-order chi connectivity index (χ1) is 17.1. The van der Waals surface area contributed by atoms with E-state index >= 15 is 0 Å². The second-order valence-corrected chi connectivity index (χ2v) is 11.9. The van der Waals surface area contributed by atoms with Gasteiger partial charge in [-0.2, -0.15) is 0 Å². The van der Waals surface area contributed by atoms with E-state index in [-0.39, 0.29) is 18.5 Å². The third-order valence-corrected chi connectivity index (χ3v) is 8.20. The Bertz CT molecular complexity index is 1150. The highest BCUT2D eigenvalue weighted by atomic mass is 79.9. The Morgan fingerprint density at radius 2 is 1.72 bits per heavy atom. The van der Waals surface area contributed by atoms with Crippen molar-refractivity contribution < 1.29 is 22.4 Å². The maximum Gasteiger partial charge on any atom is 0.244 e. The molecular formula is C26H33BrFN3O4S. The minimum Gasteiger partial charge on any atom is -0.352 e. The molecule has 7 nitrogen and oxygen atoms in total. The van der Waals surface area contributed by atoms with Gasteiger partial charge >= 0.3 is 0 Å². The molecular weight excluding hydrogens is 549 g/mol. The molecule has 3 rings (SSSR count). The summed E-state index contributed by atoms with van der Waals surface area (Å²) in [6.07, 6.45) is 6.44. The number of nitrogens with zero attached hydrogens (tertiary/aromatic N) is 2. The molecule has 1 atom stereocenters. The van der Waals surface area contributed by atoms with Crippen LogP contribution in [-0.4, -0.2) is 50.0 Å². The molecule has 1 aliphatic rings. The lowest BCUT2D eigenvalue weighted by Crippen LogP contribution is -2.54. The molecule has 0 aromatic heterocycles. The first kappa shape index (κ1) is 28.1. The molecule has 0 unspecified atom stereocenters.